The molecule has 0 spiro atoms. The first-order valence-electron chi connectivity index (χ1n) is 6.83. The summed E-state index contributed by atoms with van der Waals surface area (Å²) >= 11 is 0. The molecule has 1 aromatic rings. The highest BCUT2D eigenvalue weighted by atomic mass is 14.9. The first-order valence-corrected chi connectivity index (χ1v) is 6.83. The summed E-state index contributed by atoms with van der Waals surface area (Å²) in [5.41, 5.74) is 3.53. The lowest BCUT2D eigenvalue weighted by molar-refractivity contribution is 0.215. The van der Waals surface area contributed by atoms with E-state index in [0.717, 1.165) is 5.92 Å². The van der Waals surface area contributed by atoms with Crippen molar-refractivity contribution in [1.29, 1.82) is 0 Å². The van der Waals surface area contributed by atoms with Crippen molar-refractivity contribution in [3.63, 3.8) is 0 Å². The second kappa shape index (κ2) is 4.81. The minimum atomic E-state index is 0.388. The third kappa shape index (κ3) is 2.40. The van der Waals surface area contributed by atoms with Gasteiger partial charge in [-0.2, -0.15) is 0 Å². The Labute approximate surface area is 106 Å². The highest BCUT2D eigenvalue weighted by Crippen LogP contribution is 2.41. The number of benzene rings is 1. The Hall–Kier alpha value is -0.820. The zero-order chi connectivity index (χ0) is 12.5. The molecule has 0 saturated carbocycles. The Bertz CT molecular complexity index is 381. The molecule has 0 aliphatic heterocycles. The molecule has 1 aromatic carbocycles. The quantitative estimate of drug-likeness (QED) is 0.814. The normalized spacial score (nSPS) is 20.6. The van der Waals surface area contributed by atoms with Gasteiger partial charge >= 0.3 is 0 Å². The fourth-order valence-corrected chi connectivity index (χ4v) is 2.93. The number of hydrogen-bond acceptors (Lipinski definition) is 1. The second-order valence-electron chi connectivity index (χ2n) is 6.02. The van der Waals surface area contributed by atoms with Crippen LogP contribution in [0.3, 0.4) is 0 Å². The van der Waals surface area contributed by atoms with Gasteiger partial charge in [0.25, 0.3) is 0 Å². The molecule has 1 aliphatic carbocycles. The summed E-state index contributed by atoms with van der Waals surface area (Å²) in [6, 6.07) is 9.51. The van der Waals surface area contributed by atoms with Gasteiger partial charge < -0.3 is 5.32 Å². The van der Waals surface area contributed by atoms with Crippen LogP contribution in [0.4, 0.5) is 0 Å². The van der Waals surface area contributed by atoms with Gasteiger partial charge in [0.15, 0.2) is 0 Å². The topological polar surface area (TPSA) is 12.0 Å². The van der Waals surface area contributed by atoms with E-state index in [1.165, 1.54) is 19.3 Å². The van der Waals surface area contributed by atoms with Crippen molar-refractivity contribution in [1.82, 2.24) is 5.32 Å². The van der Waals surface area contributed by atoms with Crippen molar-refractivity contribution in [2.75, 3.05) is 7.05 Å². The molecular formula is C16H25N. The van der Waals surface area contributed by atoms with Gasteiger partial charge in [0.1, 0.15) is 0 Å². The molecule has 2 rings (SSSR count). The lowest BCUT2D eigenvalue weighted by Gasteiger charge is -2.39. The predicted octanol–water partition coefficient (Wildman–Crippen LogP) is 3.74. The van der Waals surface area contributed by atoms with Crippen LogP contribution >= 0.6 is 0 Å². The molecule has 0 bridgehead atoms. The average molecular weight is 231 g/mol. The summed E-state index contributed by atoms with van der Waals surface area (Å²) in [4.78, 5) is 0. The van der Waals surface area contributed by atoms with Crippen LogP contribution < -0.4 is 5.32 Å². The van der Waals surface area contributed by atoms with Gasteiger partial charge in [-0.1, -0.05) is 45.0 Å². The Morgan fingerprint density at radius 3 is 2.65 bits per heavy atom. The molecule has 2 unspecified atom stereocenters. The van der Waals surface area contributed by atoms with E-state index >= 15 is 0 Å². The highest BCUT2D eigenvalue weighted by Gasteiger charge is 2.33. The fraction of sp³-hybridized carbons (Fsp3) is 0.625. The van der Waals surface area contributed by atoms with Crippen LogP contribution in [-0.4, -0.2) is 13.1 Å². The Morgan fingerprint density at radius 1 is 1.35 bits per heavy atom. The summed E-state index contributed by atoms with van der Waals surface area (Å²) < 4.78 is 0. The molecule has 0 amide bonds. The fourth-order valence-electron chi connectivity index (χ4n) is 2.93. The molecule has 2 atom stereocenters. The molecule has 0 saturated heterocycles. The third-order valence-corrected chi connectivity index (χ3v) is 4.68. The van der Waals surface area contributed by atoms with E-state index in [1.807, 2.05) is 0 Å². The van der Waals surface area contributed by atoms with Crippen LogP contribution in [0.25, 0.3) is 0 Å². The second-order valence-corrected chi connectivity index (χ2v) is 6.02. The van der Waals surface area contributed by atoms with E-state index in [2.05, 4.69) is 57.4 Å². The van der Waals surface area contributed by atoms with Crippen molar-refractivity contribution in [2.24, 2.45) is 5.41 Å². The smallest absolute Gasteiger partial charge is 0.0121 e. The van der Waals surface area contributed by atoms with E-state index in [9.17, 15) is 0 Å². The van der Waals surface area contributed by atoms with Gasteiger partial charge in [-0.25, -0.2) is 0 Å². The van der Waals surface area contributed by atoms with Crippen molar-refractivity contribution in [3.05, 3.63) is 35.4 Å². The Kier molecular flexibility index (Phi) is 3.58. The largest absolute Gasteiger partial charge is 0.316 e. The van der Waals surface area contributed by atoms with Crippen molar-refractivity contribution in [2.45, 2.75) is 52.0 Å². The molecule has 0 aromatic heterocycles. The molecule has 0 heterocycles. The molecule has 1 N–H and O–H groups in total. The van der Waals surface area contributed by atoms with Crippen molar-refractivity contribution >= 4 is 0 Å². The van der Waals surface area contributed by atoms with Gasteiger partial charge in [0, 0.05) is 6.04 Å². The summed E-state index contributed by atoms with van der Waals surface area (Å²) in [5.74, 6) is 0.773. The molecular weight excluding hydrogens is 206 g/mol. The zero-order valence-corrected chi connectivity index (χ0v) is 11.6. The monoisotopic (exact) mass is 231 g/mol. The van der Waals surface area contributed by atoms with E-state index < -0.39 is 0 Å². The van der Waals surface area contributed by atoms with Crippen LogP contribution in [0.2, 0.25) is 0 Å². The maximum Gasteiger partial charge on any atom is 0.0121 e. The highest BCUT2D eigenvalue weighted by molar-refractivity contribution is 5.40. The standard InChI is InChI=1S/C16H25N/c1-5-16(2,3)15(17-4)11-13-10-12-8-6-7-9-14(12)13/h6-9,13,15,17H,5,10-11H2,1-4H3. The van der Waals surface area contributed by atoms with Gasteiger partial charge in [-0.05, 0) is 48.8 Å². The number of rotatable bonds is 5. The average Bonchev–Trinajstić information content (AvgIpc) is 2.30. The predicted molar refractivity (Wildman–Crippen MR) is 74.4 cm³/mol. The summed E-state index contributed by atoms with van der Waals surface area (Å²) in [6.07, 6.45) is 3.77. The Morgan fingerprint density at radius 2 is 2.06 bits per heavy atom. The van der Waals surface area contributed by atoms with Crippen LogP contribution in [0.5, 0.6) is 0 Å². The van der Waals surface area contributed by atoms with Crippen LogP contribution in [0.15, 0.2) is 24.3 Å². The molecule has 17 heavy (non-hydrogen) atoms. The molecule has 1 aliphatic rings. The summed E-state index contributed by atoms with van der Waals surface area (Å²) in [7, 11) is 2.10. The van der Waals surface area contributed by atoms with Gasteiger partial charge in [-0.15, -0.1) is 0 Å². The number of hydrogen-bond donors (Lipinski definition) is 1. The molecule has 94 valence electrons. The maximum absolute atomic E-state index is 3.52. The lowest BCUT2D eigenvalue weighted by Crippen LogP contribution is -2.42. The van der Waals surface area contributed by atoms with Gasteiger partial charge in [-0.3, -0.25) is 0 Å². The van der Waals surface area contributed by atoms with Gasteiger partial charge in [0.05, 0.1) is 0 Å². The van der Waals surface area contributed by atoms with Crippen molar-refractivity contribution in [3.8, 4) is 0 Å². The SMILES string of the molecule is CCC(C)(C)C(CC1Cc2ccccc21)NC. The molecule has 1 nitrogen and oxygen atoms in total. The van der Waals surface area contributed by atoms with Crippen LogP contribution in [0, 0.1) is 5.41 Å². The number of nitrogens with one attached hydrogen (secondary N) is 1. The lowest BCUT2D eigenvalue weighted by atomic mass is 9.69. The molecule has 1 heteroatoms. The summed E-state index contributed by atoms with van der Waals surface area (Å²) in [5, 5.41) is 3.52. The van der Waals surface area contributed by atoms with E-state index in [1.54, 1.807) is 11.1 Å². The zero-order valence-electron chi connectivity index (χ0n) is 11.6. The minimum Gasteiger partial charge on any atom is -0.316 e. The van der Waals surface area contributed by atoms with Crippen LogP contribution in [-0.2, 0) is 6.42 Å². The van der Waals surface area contributed by atoms with E-state index in [0.29, 0.717) is 11.5 Å². The Balaban J connectivity index is 2.03. The first kappa shape index (κ1) is 12.6. The maximum atomic E-state index is 3.52. The molecule has 0 fully saturated rings. The van der Waals surface area contributed by atoms with E-state index in [-0.39, 0.29) is 0 Å². The van der Waals surface area contributed by atoms with Crippen LogP contribution in [0.1, 0.15) is 50.7 Å². The summed E-state index contributed by atoms with van der Waals surface area (Å²) in [6.45, 7) is 7.04. The first-order chi connectivity index (χ1) is 8.08. The third-order valence-electron chi connectivity index (χ3n) is 4.68. The van der Waals surface area contributed by atoms with E-state index in [4.69, 9.17) is 0 Å². The van der Waals surface area contributed by atoms with Crippen molar-refractivity contribution < 1.29 is 0 Å². The van der Waals surface area contributed by atoms with Gasteiger partial charge in [0.2, 0.25) is 0 Å². The molecule has 0 radical (unpaired) electrons. The minimum absolute atomic E-state index is 0.388. The number of fused-ring (bicyclic) bond motifs is 1.